The van der Waals surface area contributed by atoms with Gasteiger partial charge >= 0.3 is 5.97 Å². The van der Waals surface area contributed by atoms with Gasteiger partial charge in [0.05, 0.1) is 19.7 Å². The van der Waals surface area contributed by atoms with Gasteiger partial charge in [-0.2, -0.15) is 0 Å². The average molecular weight is 543 g/mol. The highest BCUT2D eigenvalue weighted by molar-refractivity contribution is 5.96. The Bertz CT molecular complexity index is 867. The number of hydrogen-bond donors (Lipinski definition) is 7. The molecule has 5 atom stereocenters. The number of carbonyl (C=O) groups is 6. The molecule has 0 radical (unpaired) electrons. The standard InChI is InChI=1S/C24H42N6O8/c1-5-14(4)20(29-21(34)16(12-31)27-19(33)11-26-18(32)10-25)23(36)30-8-6-7-17(30)22(35)28-15(24(37)38)9-13(2)3/h13-17,20,31H,5-12,25H2,1-4H3,(H,26,32)(H,27,33)(H,28,35)(H,29,34)(H,37,38)/t14-,15-,16-,17-,20-/m0/s1. The minimum atomic E-state index is -1.39. The van der Waals surface area contributed by atoms with Crippen LogP contribution >= 0.6 is 0 Å². The van der Waals surface area contributed by atoms with Crippen molar-refractivity contribution in [2.45, 2.75) is 77.5 Å². The number of carboxylic acid groups (broad SMARTS) is 1. The van der Waals surface area contributed by atoms with Crippen molar-refractivity contribution < 1.29 is 39.0 Å². The lowest BCUT2D eigenvalue weighted by atomic mass is 9.96. The molecule has 1 rings (SSSR count). The van der Waals surface area contributed by atoms with Gasteiger partial charge in [-0.1, -0.05) is 34.1 Å². The summed E-state index contributed by atoms with van der Waals surface area (Å²) < 4.78 is 0. The maximum atomic E-state index is 13.5. The fourth-order valence-electron chi connectivity index (χ4n) is 4.07. The first-order chi connectivity index (χ1) is 17.9. The van der Waals surface area contributed by atoms with Crippen LogP contribution in [0.5, 0.6) is 0 Å². The largest absolute Gasteiger partial charge is 0.480 e. The van der Waals surface area contributed by atoms with Crippen LogP contribution in [0.2, 0.25) is 0 Å². The molecule has 5 amide bonds. The van der Waals surface area contributed by atoms with Crippen molar-refractivity contribution >= 4 is 35.5 Å². The highest BCUT2D eigenvalue weighted by Crippen LogP contribution is 2.22. The third-order valence-corrected chi connectivity index (χ3v) is 6.40. The van der Waals surface area contributed by atoms with Gasteiger partial charge in [-0.15, -0.1) is 0 Å². The highest BCUT2D eigenvalue weighted by atomic mass is 16.4. The third-order valence-electron chi connectivity index (χ3n) is 6.40. The topological polar surface area (TPSA) is 220 Å². The van der Waals surface area contributed by atoms with Crippen molar-refractivity contribution in [2.75, 3.05) is 26.2 Å². The summed E-state index contributed by atoms with van der Waals surface area (Å²) in [6, 6.07) is -4.43. The number of hydrogen-bond acceptors (Lipinski definition) is 8. The van der Waals surface area contributed by atoms with Gasteiger partial charge in [0.15, 0.2) is 0 Å². The quantitative estimate of drug-likeness (QED) is 0.118. The molecule has 0 aromatic heterocycles. The molecule has 14 nitrogen and oxygen atoms in total. The number of nitrogens with zero attached hydrogens (tertiary/aromatic N) is 1. The Morgan fingerprint density at radius 1 is 1.00 bits per heavy atom. The fraction of sp³-hybridized carbons (Fsp3) is 0.750. The Morgan fingerprint density at radius 3 is 2.18 bits per heavy atom. The molecular formula is C24H42N6O8. The van der Waals surface area contributed by atoms with Gasteiger partial charge in [0, 0.05) is 6.54 Å². The zero-order valence-electron chi connectivity index (χ0n) is 22.5. The summed E-state index contributed by atoms with van der Waals surface area (Å²) in [6.45, 7) is 5.96. The van der Waals surface area contributed by atoms with Crippen LogP contribution in [0, 0.1) is 11.8 Å². The second-order valence-corrected chi connectivity index (χ2v) is 9.87. The van der Waals surface area contributed by atoms with Gasteiger partial charge in [-0.05, 0) is 31.1 Å². The predicted molar refractivity (Wildman–Crippen MR) is 136 cm³/mol. The minimum absolute atomic E-state index is 0.0274. The number of nitrogens with two attached hydrogens (primary N) is 1. The molecule has 0 aliphatic carbocycles. The van der Waals surface area contributed by atoms with Gasteiger partial charge in [-0.3, -0.25) is 24.0 Å². The van der Waals surface area contributed by atoms with E-state index in [0.29, 0.717) is 19.3 Å². The van der Waals surface area contributed by atoms with Crippen LogP contribution < -0.4 is 27.0 Å². The maximum absolute atomic E-state index is 13.5. The fourth-order valence-corrected chi connectivity index (χ4v) is 4.07. The molecule has 1 aliphatic heterocycles. The number of amides is 5. The van der Waals surface area contributed by atoms with E-state index >= 15 is 0 Å². The monoisotopic (exact) mass is 542 g/mol. The van der Waals surface area contributed by atoms with Gasteiger partial charge in [0.1, 0.15) is 24.2 Å². The predicted octanol–water partition coefficient (Wildman–Crippen LogP) is -2.32. The molecule has 38 heavy (non-hydrogen) atoms. The number of nitrogens with one attached hydrogen (secondary N) is 4. The first kappa shape index (κ1) is 32.8. The van der Waals surface area contributed by atoms with E-state index in [1.165, 1.54) is 4.90 Å². The summed E-state index contributed by atoms with van der Waals surface area (Å²) in [7, 11) is 0. The zero-order valence-corrected chi connectivity index (χ0v) is 22.5. The smallest absolute Gasteiger partial charge is 0.326 e. The van der Waals surface area contributed by atoms with Crippen molar-refractivity contribution in [1.82, 2.24) is 26.2 Å². The second kappa shape index (κ2) is 15.9. The van der Waals surface area contributed by atoms with Gasteiger partial charge in [0.2, 0.25) is 29.5 Å². The first-order valence-electron chi connectivity index (χ1n) is 12.9. The van der Waals surface area contributed by atoms with Crippen LogP contribution in [-0.2, 0) is 28.8 Å². The summed E-state index contributed by atoms with van der Waals surface area (Å²) in [5, 5.41) is 28.8. The van der Waals surface area contributed by atoms with E-state index in [1.807, 2.05) is 20.8 Å². The lowest BCUT2D eigenvalue weighted by Crippen LogP contribution is -2.60. The molecule has 0 aromatic rings. The van der Waals surface area contributed by atoms with Gasteiger partial charge in [-0.25, -0.2) is 4.79 Å². The van der Waals surface area contributed by atoms with E-state index in [9.17, 15) is 39.0 Å². The summed E-state index contributed by atoms with van der Waals surface area (Å²) in [6.07, 6.45) is 1.60. The molecule has 0 spiro atoms. The number of rotatable bonds is 15. The van der Waals surface area contributed by atoms with Crippen molar-refractivity contribution in [3.8, 4) is 0 Å². The summed E-state index contributed by atoms with van der Waals surface area (Å²) in [5.74, 6) is -4.70. The van der Waals surface area contributed by atoms with Crippen molar-refractivity contribution in [1.29, 1.82) is 0 Å². The summed E-state index contributed by atoms with van der Waals surface area (Å²) >= 11 is 0. The Hall–Kier alpha value is -3.26. The first-order valence-corrected chi connectivity index (χ1v) is 12.9. The number of aliphatic hydroxyl groups excluding tert-OH is 1. The molecular weight excluding hydrogens is 500 g/mol. The van der Waals surface area contributed by atoms with Crippen LogP contribution in [0.3, 0.4) is 0 Å². The Morgan fingerprint density at radius 2 is 1.66 bits per heavy atom. The van der Waals surface area contributed by atoms with Crippen LogP contribution in [0.15, 0.2) is 0 Å². The Balaban J connectivity index is 2.97. The molecule has 1 fully saturated rings. The second-order valence-electron chi connectivity index (χ2n) is 9.87. The van der Waals surface area contributed by atoms with Crippen molar-refractivity contribution in [3.63, 3.8) is 0 Å². The SMILES string of the molecule is CC[C@H](C)[C@H](NC(=O)[C@H](CO)NC(=O)CNC(=O)CN)C(=O)N1CCC[C@H]1C(=O)N[C@@H](CC(C)C)C(=O)O. The lowest BCUT2D eigenvalue weighted by molar-refractivity contribution is -0.145. The summed E-state index contributed by atoms with van der Waals surface area (Å²) in [5.41, 5.74) is 5.16. The van der Waals surface area contributed by atoms with E-state index in [2.05, 4.69) is 21.3 Å². The van der Waals surface area contributed by atoms with Crippen LogP contribution in [-0.4, -0.2) is 101 Å². The van der Waals surface area contributed by atoms with E-state index in [4.69, 9.17) is 5.73 Å². The lowest BCUT2D eigenvalue weighted by Gasteiger charge is -2.32. The van der Waals surface area contributed by atoms with Crippen molar-refractivity contribution in [2.24, 2.45) is 17.6 Å². The van der Waals surface area contributed by atoms with Crippen LogP contribution in [0.4, 0.5) is 0 Å². The average Bonchev–Trinajstić information content (AvgIpc) is 3.37. The molecule has 0 bridgehead atoms. The molecule has 0 aromatic carbocycles. The number of carbonyl (C=O) groups excluding carboxylic acids is 5. The molecule has 1 heterocycles. The summed E-state index contributed by atoms with van der Waals surface area (Å²) in [4.78, 5) is 75.6. The molecule has 8 N–H and O–H groups in total. The number of carboxylic acids is 1. The van der Waals surface area contributed by atoms with Gasteiger partial charge in [0.25, 0.3) is 0 Å². The Kier molecular flexibility index (Phi) is 13.7. The normalized spacial score (nSPS) is 18.2. The minimum Gasteiger partial charge on any atom is -0.480 e. The van der Waals surface area contributed by atoms with E-state index in [-0.39, 0.29) is 31.3 Å². The number of likely N-dealkylation sites (tertiary alicyclic amines) is 1. The van der Waals surface area contributed by atoms with Gasteiger partial charge < -0.3 is 42.1 Å². The number of aliphatic carboxylic acids is 1. The zero-order chi connectivity index (χ0) is 29.0. The van der Waals surface area contributed by atoms with E-state index in [0.717, 1.165) is 0 Å². The van der Waals surface area contributed by atoms with Crippen LogP contribution in [0.1, 0.15) is 53.4 Å². The van der Waals surface area contributed by atoms with Crippen molar-refractivity contribution in [3.05, 3.63) is 0 Å². The third kappa shape index (κ3) is 9.89. The molecule has 0 unspecified atom stereocenters. The molecule has 216 valence electrons. The molecule has 1 aliphatic rings. The maximum Gasteiger partial charge on any atom is 0.326 e. The number of aliphatic hydroxyl groups is 1. The molecule has 1 saturated heterocycles. The van der Waals surface area contributed by atoms with Crippen LogP contribution in [0.25, 0.3) is 0 Å². The molecule has 0 saturated carbocycles. The highest BCUT2D eigenvalue weighted by Gasteiger charge is 2.40. The van der Waals surface area contributed by atoms with E-state index in [1.54, 1.807) is 6.92 Å². The Labute approximate surface area is 222 Å². The van der Waals surface area contributed by atoms with E-state index < -0.39 is 72.8 Å². The molecule has 14 heteroatoms.